The van der Waals surface area contributed by atoms with Crippen LogP contribution in [0.15, 0.2) is 46.9 Å². The molecule has 2 aromatic carbocycles. The van der Waals surface area contributed by atoms with Crippen molar-refractivity contribution in [3.05, 3.63) is 57.5 Å². The molecule has 0 aliphatic carbocycles. The Morgan fingerprint density at radius 2 is 1.83 bits per heavy atom. The maximum atomic E-state index is 12.8. The van der Waals surface area contributed by atoms with E-state index in [4.69, 9.17) is 16.3 Å². The Morgan fingerprint density at radius 3 is 2.42 bits per heavy atom. The molecule has 24 heavy (non-hydrogen) atoms. The summed E-state index contributed by atoms with van der Waals surface area (Å²) in [6, 6.07) is 9.98. The second-order valence-electron chi connectivity index (χ2n) is 4.90. The van der Waals surface area contributed by atoms with Gasteiger partial charge in [-0.25, -0.2) is 0 Å². The van der Waals surface area contributed by atoms with Crippen LogP contribution in [0.1, 0.15) is 12.5 Å². The van der Waals surface area contributed by atoms with E-state index < -0.39 is 28.8 Å². The van der Waals surface area contributed by atoms with Crippen molar-refractivity contribution in [2.24, 2.45) is 0 Å². The number of alkyl halides is 3. The highest BCUT2D eigenvalue weighted by Gasteiger charge is 2.33. The molecule has 0 aliphatic rings. The maximum absolute atomic E-state index is 12.8. The molecule has 0 bridgehead atoms. The van der Waals surface area contributed by atoms with Gasteiger partial charge in [0.2, 0.25) is 0 Å². The maximum Gasteiger partial charge on any atom is 0.417 e. The number of anilines is 1. The van der Waals surface area contributed by atoms with Crippen LogP contribution in [0, 0.1) is 0 Å². The normalized spacial score (nSPS) is 12.6. The molecular formula is C16H12BrClF3NO2. The van der Waals surface area contributed by atoms with Crippen molar-refractivity contribution in [2.45, 2.75) is 19.2 Å². The quantitative estimate of drug-likeness (QED) is 0.704. The number of nitrogens with one attached hydrogen (secondary N) is 1. The molecule has 2 aromatic rings. The molecule has 0 radical (unpaired) electrons. The number of benzene rings is 2. The van der Waals surface area contributed by atoms with Crippen molar-refractivity contribution in [1.29, 1.82) is 0 Å². The van der Waals surface area contributed by atoms with Gasteiger partial charge in [0.1, 0.15) is 5.75 Å². The van der Waals surface area contributed by atoms with E-state index in [2.05, 4.69) is 21.2 Å². The van der Waals surface area contributed by atoms with Crippen molar-refractivity contribution >= 4 is 39.1 Å². The minimum absolute atomic E-state index is 0.0111. The zero-order valence-corrected chi connectivity index (χ0v) is 14.7. The molecular weight excluding hydrogens is 411 g/mol. The highest BCUT2D eigenvalue weighted by molar-refractivity contribution is 9.10. The number of hydrogen-bond acceptors (Lipinski definition) is 2. The number of rotatable bonds is 4. The Balaban J connectivity index is 2.07. The summed E-state index contributed by atoms with van der Waals surface area (Å²) in [6.07, 6.45) is -5.49. The SMILES string of the molecule is C[C@H](Oc1ccc(Br)cc1)C(=O)Nc1ccc(Cl)c(C(F)(F)F)c1. The summed E-state index contributed by atoms with van der Waals surface area (Å²) in [4.78, 5) is 12.1. The summed E-state index contributed by atoms with van der Waals surface area (Å²) < 4.78 is 44.8. The van der Waals surface area contributed by atoms with Gasteiger partial charge in [0.15, 0.2) is 6.10 Å². The van der Waals surface area contributed by atoms with Crippen LogP contribution in [0.3, 0.4) is 0 Å². The van der Waals surface area contributed by atoms with Crippen molar-refractivity contribution in [1.82, 2.24) is 0 Å². The second-order valence-corrected chi connectivity index (χ2v) is 6.22. The van der Waals surface area contributed by atoms with Gasteiger partial charge >= 0.3 is 6.18 Å². The zero-order valence-electron chi connectivity index (χ0n) is 12.3. The molecule has 0 aromatic heterocycles. The lowest BCUT2D eigenvalue weighted by Gasteiger charge is -2.16. The van der Waals surface area contributed by atoms with Gasteiger partial charge in [0.05, 0.1) is 10.6 Å². The third-order valence-corrected chi connectivity index (χ3v) is 3.89. The third kappa shape index (κ3) is 4.88. The molecule has 0 aliphatic heterocycles. The fourth-order valence-corrected chi connectivity index (χ4v) is 2.32. The van der Waals surface area contributed by atoms with Crippen molar-refractivity contribution in [3.63, 3.8) is 0 Å². The predicted octanol–water partition coefficient (Wildman–Crippen LogP) is 5.53. The largest absolute Gasteiger partial charge is 0.481 e. The van der Waals surface area contributed by atoms with Gasteiger partial charge in [-0.3, -0.25) is 4.79 Å². The second kappa shape index (κ2) is 7.44. The minimum atomic E-state index is -4.60. The van der Waals surface area contributed by atoms with Crippen LogP contribution in [0.4, 0.5) is 18.9 Å². The predicted molar refractivity (Wildman–Crippen MR) is 89.3 cm³/mol. The van der Waals surface area contributed by atoms with Crippen LogP contribution in [-0.2, 0) is 11.0 Å². The van der Waals surface area contributed by atoms with Crippen LogP contribution in [0.2, 0.25) is 5.02 Å². The third-order valence-electron chi connectivity index (χ3n) is 3.04. The van der Waals surface area contributed by atoms with Gasteiger partial charge < -0.3 is 10.1 Å². The van der Waals surface area contributed by atoms with E-state index in [-0.39, 0.29) is 5.69 Å². The molecule has 0 spiro atoms. The molecule has 0 fully saturated rings. The van der Waals surface area contributed by atoms with E-state index in [0.29, 0.717) is 5.75 Å². The standard InChI is InChI=1S/C16H12BrClF3NO2/c1-9(24-12-5-2-10(17)3-6-12)15(23)22-11-4-7-14(18)13(8-11)16(19,20)21/h2-9H,1H3,(H,22,23)/t9-/m0/s1. The van der Waals surface area contributed by atoms with E-state index in [9.17, 15) is 18.0 Å². The smallest absolute Gasteiger partial charge is 0.417 e. The highest BCUT2D eigenvalue weighted by atomic mass is 79.9. The van der Waals surface area contributed by atoms with E-state index in [1.807, 2.05) is 0 Å². The number of carbonyl (C=O) groups excluding carboxylic acids is 1. The molecule has 0 heterocycles. The van der Waals surface area contributed by atoms with Crippen molar-refractivity contribution < 1.29 is 22.7 Å². The lowest BCUT2D eigenvalue weighted by Crippen LogP contribution is -2.30. The number of hydrogen-bond donors (Lipinski definition) is 1. The fraction of sp³-hybridized carbons (Fsp3) is 0.188. The Morgan fingerprint density at radius 1 is 1.21 bits per heavy atom. The summed E-state index contributed by atoms with van der Waals surface area (Å²) in [5.74, 6) is -0.110. The summed E-state index contributed by atoms with van der Waals surface area (Å²) in [5.41, 5.74) is -1.02. The number of halogens is 5. The van der Waals surface area contributed by atoms with E-state index in [1.165, 1.54) is 13.0 Å². The molecule has 0 saturated heterocycles. The molecule has 2 rings (SSSR count). The molecule has 1 atom stereocenters. The molecule has 8 heteroatoms. The summed E-state index contributed by atoms with van der Waals surface area (Å²) in [5, 5.41) is 1.95. The molecule has 128 valence electrons. The molecule has 1 amide bonds. The lowest BCUT2D eigenvalue weighted by molar-refractivity contribution is -0.137. The first-order valence-corrected chi connectivity index (χ1v) is 7.94. The minimum Gasteiger partial charge on any atom is -0.481 e. The number of amides is 1. The Hall–Kier alpha value is -1.73. The van der Waals surface area contributed by atoms with Crippen LogP contribution in [0.5, 0.6) is 5.75 Å². The van der Waals surface area contributed by atoms with Gasteiger partial charge in [-0.15, -0.1) is 0 Å². The van der Waals surface area contributed by atoms with E-state index in [0.717, 1.165) is 16.6 Å². The van der Waals surface area contributed by atoms with Crippen molar-refractivity contribution in [3.8, 4) is 5.75 Å². The lowest BCUT2D eigenvalue weighted by atomic mass is 10.2. The molecule has 1 N–H and O–H groups in total. The number of ether oxygens (including phenoxy) is 1. The van der Waals surface area contributed by atoms with Crippen molar-refractivity contribution in [2.75, 3.05) is 5.32 Å². The van der Waals surface area contributed by atoms with Gasteiger partial charge in [-0.1, -0.05) is 27.5 Å². The van der Waals surface area contributed by atoms with Gasteiger partial charge in [-0.05, 0) is 49.4 Å². The summed E-state index contributed by atoms with van der Waals surface area (Å²) in [7, 11) is 0. The Labute approximate surface area is 149 Å². The average Bonchev–Trinajstić information content (AvgIpc) is 2.50. The van der Waals surface area contributed by atoms with Crippen LogP contribution in [0.25, 0.3) is 0 Å². The highest BCUT2D eigenvalue weighted by Crippen LogP contribution is 2.36. The van der Waals surface area contributed by atoms with Gasteiger partial charge in [-0.2, -0.15) is 13.2 Å². The summed E-state index contributed by atoms with van der Waals surface area (Å²) in [6.45, 7) is 1.50. The zero-order chi connectivity index (χ0) is 17.9. The average molecular weight is 423 g/mol. The number of carbonyl (C=O) groups is 1. The topological polar surface area (TPSA) is 38.3 Å². The van der Waals surface area contributed by atoms with Crippen LogP contribution < -0.4 is 10.1 Å². The molecule has 3 nitrogen and oxygen atoms in total. The van der Waals surface area contributed by atoms with Gasteiger partial charge in [0.25, 0.3) is 5.91 Å². The summed E-state index contributed by atoms with van der Waals surface area (Å²) >= 11 is 8.81. The first-order chi connectivity index (χ1) is 11.2. The van der Waals surface area contributed by atoms with Gasteiger partial charge in [0, 0.05) is 10.2 Å². The Kier molecular flexibility index (Phi) is 5.77. The van der Waals surface area contributed by atoms with Crippen LogP contribution >= 0.6 is 27.5 Å². The van der Waals surface area contributed by atoms with E-state index >= 15 is 0 Å². The van der Waals surface area contributed by atoms with E-state index in [1.54, 1.807) is 24.3 Å². The first-order valence-electron chi connectivity index (χ1n) is 6.76. The fourth-order valence-electron chi connectivity index (χ4n) is 1.83. The van der Waals surface area contributed by atoms with Crippen LogP contribution in [-0.4, -0.2) is 12.0 Å². The first kappa shape index (κ1) is 18.6. The monoisotopic (exact) mass is 421 g/mol. The Bertz CT molecular complexity index is 735. The molecule has 0 saturated carbocycles. The molecule has 0 unspecified atom stereocenters.